The van der Waals surface area contributed by atoms with Crippen LogP contribution >= 0.6 is 11.6 Å². The van der Waals surface area contributed by atoms with E-state index in [-0.39, 0.29) is 32.5 Å². The molecule has 0 unspecified atom stereocenters. The van der Waals surface area contributed by atoms with Gasteiger partial charge in [0.25, 0.3) is 0 Å². The predicted molar refractivity (Wildman–Crippen MR) is 221 cm³/mol. The predicted octanol–water partition coefficient (Wildman–Crippen LogP) is 8.40. The van der Waals surface area contributed by atoms with E-state index in [0.717, 1.165) is 45.6 Å². The largest absolute Gasteiger partial charge is 0.488 e. The summed E-state index contributed by atoms with van der Waals surface area (Å²) >= 11 is 6.89. The van der Waals surface area contributed by atoms with Crippen molar-refractivity contribution in [3.8, 4) is 5.75 Å². The Hall–Kier alpha value is -5.07. The number of benzene rings is 5. The van der Waals surface area contributed by atoms with Crippen molar-refractivity contribution < 1.29 is 47.5 Å². The summed E-state index contributed by atoms with van der Waals surface area (Å²) in [4.78, 5) is 24.3. The van der Waals surface area contributed by atoms with Crippen LogP contribution in [0.25, 0.3) is 0 Å². The Morgan fingerprint density at radius 3 is 1.85 bits per heavy atom. The standard InChI is InChI=1S/C48H49ClO10/c1-33(50)53-32-44(51)54-31-43-46(55-27-35-11-5-2-6-12-35)48(57-29-37-15-9-4-10-16-37)47(56-28-36-13-7-3-8-14-36)45(59-43)38-19-22-42(49)39(26-38)25-34-17-20-40(21-18-34)58-41-23-24-52-30-41/h2-22,26,41,43,45-48H,23-25,27-32H2,1H3/t41-,43-,45+,46-,47+,48+/m1/s1. The fraction of sp³-hybridized carbons (Fsp3) is 0.333. The van der Waals surface area contributed by atoms with Crippen LogP contribution in [0, 0.1) is 0 Å². The second kappa shape index (κ2) is 21.3. The van der Waals surface area contributed by atoms with E-state index in [1.165, 1.54) is 6.92 Å². The first-order valence-electron chi connectivity index (χ1n) is 19.9. The van der Waals surface area contributed by atoms with Gasteiger partial charge in [-0.15, -0.1) is 0 Å². The van der Waals surface area contributed by atoms with E-state index < -0.39 is 49.1 Å². The molecule has 5 aromatic rings. The lowest BCUT2D eigenvalue weighted by Gasteiger charge is -2.46. The van der Waals surface area contributed by atoms with Crippen LogP contribution in [0.15, 0.2) is 133 Å². The van der Waals surface area contributed by atoms with Crippen molar-refractivity contribution in [1.82, 2.24) is 0 Å². The lowest BCUT2D eigenvalue weighted by atomic mass is 9.89. The van der Waals surface area contributed by atoms with Gasteiger partial charge in [0.1, 0.15) is 49.0 Å². The zero-order chi connectivity index (χ0) is 40.8. The highest BCUT2D eigenvalue weighted by Crippen LogP contribution is 2.40. The number of esters is 2. The molecule has 59 heavy (non-hydrogen) atoms. The number of carbonyl (C=O) groups is 2. The van der Waals surface area contributed by atoms with E-state index in [0.29, 0.717) is 24.7 Å². The lowest BCUT2D eigenvalue weighted by Crippen LogP contribution is -2.58. The summed E-state index contributed by atoms with van der Waals surface area (Å²) in [6.45, 7) is 2.57. The SMILES string of the molecule is CC(=O)OCC(=O)OC[C@H]1O[C@@H](c2ccc(Cl)c(Cc3ccc(O[C@@H]4CCOC4)cc3)c2)[C@H](OCc2ccccc2)[C@@H](OCc2ccccc2)[C@@H]1OCc1ccccc1. The maximum absolute atomic E-state index is 12.8. The highest BCUT2D eigenvalue weighted by molar-refractivity contribution is 6.31. The van der Waals surface area contributed by atoms with Crippen molar-refractivity contribution in [2.24, 2.45) is 0 Å². The van der Waals surface area contributed by atoms with E-state index >= 15 is 0 Å². The highest BCUT2D eigenvalue weighted by Gasteiger charge is 2.49. The molecule has 0 N–H and O–H groups in total. The summed E-state index contributed by atoms with van der Waals surface area (Å²) in [6, 6.07) is 43.4. The summed E-state index contributed by atoms with van der Waals surface area (Å²) in [6.07, 6.45) is -2.22. The van der Waals surface area contributed by atoms with Gasteiger partial charge in [0.05, 0.1) is 33.0 Å². The Kier molecular flexibility index (Phi) is 15.2. The molecule has 0 bridgehead atoms. The Labute approximate surface area is 350 Å². The molecule has 0 saturated carbocycles. The Morgan fingerprint density at radius 1 is 0.678 bits per heavy atom. The first-order valence-corrected chi connectivity index (χ1v) is 20.3. The maximum atomic E-state index is 12.8. The molecule has 7 rings (SSSR count). The molecule has 0 radical (unpaired) electrons. The molecule has 5 aromatic carbocycles. The number of halogens is 1. The second-order valence-electron chi connectivity index (χ2n) is 14.6. The Bertz CT molecular complexity index is 2060. The summed E-state index contributed by atoms with van der Waals surface area (Å²) in [5, 5.41) is 0.603. The molecule has 2 aliphatic heterocycles. The van der Waals surface area contributed by atoms with E-state index in [9.17, 15) is 9.59 Å². The van der Waals surface area contributed by atoms with Gasteiger partial charge in [-0.3, -0.25) is 4.79 Å². The molecule has 11 heteroatoms. The summed E-state index contributed by atoms with van der Waals surface area (Å²) in [5.74, 6) is -0.508. The van der Waals surface area contributed by atoms with Crippen LogP contribution in [0.5, 0.6) is 5.75 Å². The van der Waals surface area contributed by atoms with E-state index in [1.807, 2.05) is 133 Å². The monoisotopic (exact) mass is 820 g/mol. The number of hydrogen-bond acceptors (Lipinski definition) is 10. The molecule has 2 saturated heterocycles. The summed E-state index contributed by atoms with van der Waals surface area (Å²) < 4.78 is 49.6. The fourth-order valence-electron chi connectivity index (χ4n) is 7.18. The van der Waals surface area contributed by atoms with E-state index in [2.05, 4.69) is 0 Å². The van der Waals surface area contributed by atoms with Crippen molar-refractivity contribution in [1.29, 1.82) is 0 Å². The molecule has 10 nitrogen and oxygen atoms in total. The average molecular weight is 821 g/mol. The van der Waals surface area contributed by atoms with Gasteiger partial charge >= 0.3 is 11.9 Å². The molecule has 0 amide bonds. The third-order valence-corrected chi connectivity index (χ3v) is 10.6. The third-order valence-electron chi connectivity index (χ3n) is 10.2. The van der Waals surface area contributed by atoms with Crippen molar-refractivity contribution >= 4 is 23.5 Å². The molecule has 6 atom stereocenters. The van der Waals surface area contributed by atoms with Crippen molar-refractivity contribution in [2.45, 2.75) is 76.2 Å². The number of ether oxygens (including phenoxy) is 8. The number of hydrogen-bond donors (Lipinski definition) is 0. The van der Waals surface area contributed by atoms with Crippen LogP contribution in [-0.2, 0) is 69.0 Å². The molecule has 2 heterocycles. The zero-order valence-electron chi connectivity index (χ0n) is 33.0. The van der Waals surface area contributed by atoms with Crippen LogP contribution in [0.4, 0.5) is 0 Å². The van der Waals surface area contributed by atoms with E-state index in [4.69, 9.17) is 49.5 Å². The molecule has 0 spiro atoms. The Morgan fingerprint density at radius 2 is 1.27 bits per heavy atom. The molecule has 2 fully saturated rings. The molecule has 2 aliphatic rings. The van der Waals surface area contributed by atoms with Gasteiger partial charge < -0.3 is 37.9 Å². The third kappa shape index (κ3) is 12.2. The molecule has 0 aliphatic carbocycles. The number of rotatable bonds is 18. The molecular weight excluding hydrogens is 772 g/mol. The minimum Gasteiger partial charge on any atom is -0.488 e. The first-order chi connectivity index (χ1) is 28.9. The van der Waals surface area contributed by atoms with Crippen molar-refractivity contribution in [3.63, 3.8) is 0 Å². The number of carbonyl (C=O) groups excluding carboxylic acids is 2. The normalized spacial score (nSPS) is 21.5. The lowest BCUT2D eigenvalue weighted by molar-refractivity contribution is -0.273. The van der Waals surface area contributed by atoms with Gasteiger partial charge in [-0.2, -0.15) is 0 Å². The van der Waals surface area contributed by atoms with Crippen molar-refractivity contribution in [2.75, 3.05) is 26.4 Å². The Balaban J connectivity index is 1.22. The quantitative estimate of drug-likeness (QED) is 0.0801. The summed E-state index contributed by atoms with van der Waals surface area (Å²) in [5.41, 5.74) is 5.62. The van der Waals surface area contributed by atoms with Crippen LogP contribution in [0.1, 0.15) is 52.8 Å². The van der Waals surface area contributed by atoms with Gasteiger partial charge in [-0.1, -0.05) is 127 Å². The van der Waals surface area contributed by atoms with Gasteiger partial charge in [0.2, 0.25) is 0 Å². The van der Waals surface area contributed by atoms with Crippen LogP contribution < -0.4 is 4.74 Å². The second-order valence-corrected chi connectivity index (χ2v) is 15.0. The van der Waals surface area contributed by atoms with Crippen LogP contribution in [0.2, 0.25) is 5.02 Å². The maximum Gasteiger partial charge on any atom is 0.344 e. The molecule has 0 aromatic heterocycles. The van der Waals surface area contributed by atoms with E-state index in [1.54, 1.807) is 0 Å². The van der Waals surface area contributed by atoms with Crippen LogP contribution in [-0.4, -0.2) is 68.9 Å². The van der Waals surface area contributed by atoms with Gasteiger partial charge in [0, 0.05) is 18.4 Å². The fourth-order valence-corrected chi connectivity index (χ4v) is 7.36. The van der Waals surface area contributed by atoms with Gasteiger partial charge in [-0.05, 0) is 58.0 Å². The zero-order valence-corrected chi connectivity index (χ0v) is 33.7. The highest BCUT2D eigenvalue weighted by atomic mass is 35.5. The molecular formula is C48H49ClO10. The smallest absolute Gasteiger partial charge is 0.344 e. The minimum atomic E-state index is -0.820. The van der Waals surface area contributed by atoms with Crippen LogP contribution in [0.3, 0.4) is 0 Å². The minimum absolute atomic E-state index is 0.0598. The topological polar surface area (TPSA) is 108 Å². The van der Waals surface area contributed by atoms with Crippen molar-refractivity contribution in [3.05, 3.63) is 172 Å². The average Bonchev–Trinajstić information content (AvgIpc) is 3.78. The first kappa shape index (κ1) is 42.1. The van der Waals surface area contributed by atoms with Gasteiger partial charge in [0.15, 0.2) is 6.61 Å². The van der Waals surface area contributed by atoms with Gasteiger partial charge in [-0.25, -0.2) is 4.79 Å². The summed E-state index contributed by atoms with van der Waals surface area (Å²) in [7, 11) is 0. The molecule has 308 valence electrons.